The summed E-state index contributed by atoms with van der Waals surface area (Å²) in [7, 11) is 1.59. The number of amides is 3. The fourth-order valence-electron chi connectivity index (χ4n) is 4.27. The van der Waals surface area contributed by atoms with Gasteiger partial charge in [-0.25, -0.2) is 9.78 Å². The largest absolute Gasteiger partial charge is 0.449 e. The van der Waals surface area contributed by atoms with E-state index in [1.807, 2.05) is 26.0 Å². The Labute approximate surface area is 215 Å². The molecule has 3 aromatic rings. The monoisotopic (exact) mass is 508 g/mol. The highest BCUT2D eigenvalue weighted by atomic mass is 35.5. The van der Waals surface area contributed by atoms with E-state index in [4.69, 9.17) is 21.3 Å². The van der Waals surface area contributed by atoms with Crippen LogP contribution in [0.5, 0.6) is 0 Å². The van der Waals surface area contributed by atoms with Crippen molar-refractivity contribution in [1.82, 2.24) is 20.1 Å². The number of ether oxygens (including phenoxy) is 1. The summed E-state index contributed by atoms with van der Waals surface area (Å²) in [6.45, 7) is 5.51. The van der Waals surface area contributed by atoms with Gasteiger partial charge in [0, 0.05) is 54.8 Å². The fraction of sp³-hybridized carbons (Fsp3) is 0.333. The molecule has 1 aliphatic rings. The van der Waals surface area contributed by atoms with Gasteiger partial charge in [-0.15, -0.1) is 0 Å². The molecule has 1 saturated heterocycles. The van der Waals surface area contributed by atoms with E-state index in [-0.39, 0.29) is 23.9 Å². The van der Waals surface area contributed by atoms with E-state index in [1.165, 1.54) is 0 Å². The molecular weight excluding hydrogens is 480 g/mol. The van der Waals surface area contributed by atoms with Gasteiger partial charge in [-0.1, -0.05) is 36.7 Å². The summed E-state index contributed by atoms with van der Waals surface area (Å²) in [6, 6.07) is 14.0. The van der Waals surface area contributed by atoms with E-state index < -0.39 is 0 Å². The van der Waals surface area contributed by atoms with Crippen molar-refractivity contribution in [2.45, 2.75) is 26.3 Å². The molecule has 1 fully saturated rings. The van der Waals surface area contributed by atoms with Crippen LogP contribution in [0, 0.1) is 0 Å². The highest BCUT2D eigenvalue weighted by molar-refractivity contribution is 6.35. The Hall–Kier alpha value is -3.65. The highest BCUT2D eigenvalue weighted by Crippen LogP contribution is 2.29. The molecule has 1 aromatic heterocycles. The maximum atomic E-state index is 13.3. The van der Waals surface area contributed by atoms with Crippen LogP contribution < -0.4 is 5.32 Å². The first-order valence-corrected chi connectivity index (χ1v) is 12.4. The van der Waals surface area contributed by atoms with Crippen molar-refractivity contribution in [3.8, 4) is 11.3 Å². The van der Waals surface area contributed by atoms with Crippen molar-refractivity contribution in [2.75, 3.05) is 33.3 Å². The lowest BCUT2D eigenvalue weighted by molar-refractivity contribution is 0.0412. The molecule has 1 unspecified atom stereocenters. The molecule has 0 spiro atoms. The molecular formula is C27H29ClN4O4. The summed E-state index contributed by atoms with van der Waals surface area (Å²) >= 11 is 6.55. The number of carbonyl (C=O) groups is 3. The van der Waals surface area contributed by atoms with E-state index in [1.54, 1.807) is 53.2 Å². The molecule has 1 N–H and O–H groups in total. The average molecular weight is 509 g/mol. The highest BCUT2D eigenvalue weighted by Gasteiger charge is 2.31. The number of nitrogens with one attached hydrogen (secondary N) is 1. The summed E-state index contributed by atoms with van der Waals surface area (Å²) in [4.78, 5) is 45.6. The number of benzene rings is 2. The van der Waals surface area contributed by atoms with Crippen LogP contribution in [0.15, 0.2) is 48.5 Å². The van der Waals surface area contributed by atoms with E-state index in [2.05, 4.69) is 5.32 Å². The second-order valence-electron chi connectivity index (χ2n) is 8.79. The number of carbonyl (C=O) groups excluding carboxylic acids is 3. The zero-order valence-electron chi connectivity index (χ0n) is 20.6. The molecule has 9 heteroatoms. The van der Waals surface area contributed by atoms with Crippen LogP contribution in [0.2, 0.25) is 5.02 Å². The zero-order valence-corrected chi connectivity index (χ0v) is 21.3. The van der Waals surface area contributed by atoms with Gasteiger partial charge in [-0.2, -0.15) is 0 Å². The minimum absolute atomic E-state index is 0.122. The standard InChI is InChI=1S/C27H29ClN4O4/c1-4-13-36-27(35)32-12-11-31(16-17(32)2)26(34)20-9-10-21-22(28)15-23(30-24(21)14-20)18-5-7-19(8-6-18)25(33)29-3/h5-10,14-15,17H,4,11-13,16H2,1-3H3,(H,29,33). The third kappa shape index (κ3) is 5.28. The number of piperazine rings is 1. The van der Waals surface area contributed by atoms with Gasteiger partial charge in [-0.3, -0.25) is 9.59 Å². The van der Waals surface area contributed by atoms with Crippen LogP contribution in [-0.2, 0) is 4.74 Å². The van der Waals surface area contributed by atoms with Crippen LogP contribution in [0.3, 0.4) is 0 Å². The molecule has 1 aliphatic heterocycles. The molecule has 36 heavy (non-hydrogen) atoms. The lowest BCUT2D eigenvalue weighted by atomic mass is 10.0. The van der Waals surface area contributed by atoms with Crippen molar-refractivity contribution >= 4 is 40.4 Å². The van der Waals surface area contributed by atoms with Crippen molar-refractivity contribution in [2.24, 2.45) is 0 Å². The molecule has 2 aromatic carbocycles. The second-order valence-corrected chi connectivity index (χ2v) is 9.19. The third-order valence-corrected chi connectivity index (χ3v) is 6.57. The number of hydrogen-bond acceptors (Lipinski definition) is 5. The van der Waals surface area contributed by atoms with Gasteiger partial charge in [0.15, 0.2) is 0 Å². The van der Waals surface area contributed by atoms with E-state index >= 15 is 0 Å². The molecule has 0 aliphatic carbocycles. The van der Waals surface area contributed by atoms with Gasteiger partial charge in [0.25, 0.3) is 11.8 Å². The Morgan fingerprint density at radius 1 is 1.08 bits per heavy atom. The van der Waals surface area contributed by atoms with E-state index in [0.29, 0.717) is 53.6 Å². The first-order chi connectivity index (χ1) is 17.3. The summed E-state index contributed by atoms with van der Waals surface area (Å²) in [5.41, 5.74) is 3.12. The minimum Gasteiger partial charge on any atom is -0.449 e. The Morgan fingerprint density at radius 2 is 1.81 bits per heavy atom. The first-order valence-electron chi connectivity index (χ1n) is 12.0. The SMILES string of the molecule is CCCOC(=O)N1CCN(C(=O)c2ccc3c(Cl)cc(-c4ccc(C(=O)NC)cc4)nc3c2)CC1C. The summed E-state index contributed by atoms with van der Waals surface area (Å²) in [5, 5.41) is 3.87. The normalized spacial score (nSPS) is 15.6. The van der Waals surface area contributed by atoms with Gasteiger partial charge < -0.3 is 19.9 Å². The summed E-state index contributed by atoms with van der Waals surface area (Å²) < 4.78 is 5.26. The predicted molar refractivity (Wildman–Crippen MR) is 139 cm³/mol. The second kappa shape index (κ2) is 11.0. The number of hydrogen-bond donors (Lipinski definition) is 1. The number of halogens is 1. The Morgan fingerprint density at radius 3 is 2.47 bits per heavy atom. The van der Waals surface area contributed by atoms with Crippen LogP contribution in [0.4, 0.5) is 4.79 Å². The molecule has 188 valence electrons. The molecule has 1 atom stereocenters. The van der Waals surface area contributed by atoms with Crippen molar-refractivity contribution in [3.05, 3.63) is 64.7 Å². The minimum atomic E-state index is -0.336. The van der Waals surface area contributed by atoms with Crippen molar-refractivity contribution in [1.29, 1.82) is 0 Å². The Kier molecular flexibility index (Phi) is 7.74. The average Bonchev–Trinajstić information content (AvgIpc) is 2.90. The van der Waals surface area contributed by atoms with Crippen LogP contribution >= 0.6 is 11.6 Å². The molecule has 3 amide bonds. The molecule has 0 saturated carbocycles. The van der Waals surface area contributed by atoms with Crippen LogP contribution in [0.25, 0.3) is 22.2 Å². The van der Waals surface area contributed by atoms with Gasteiger partial charge >= 0.3 is 6.09 Å². The lowest BCUT2D eigenvalue weighted by Crippen LogP contribution is -2.55. The van der Waals surface area contributed by atoms with Gasteiger partial charge in [-0.05, 0) is 43.7 Å². The quantitative estimate of drug-likeness (QED) is 0.543. The van der Waals surface area contributed by atoms with Gasteiger partial charge in [0.05, 0.1) is 22.8 Å². The smallest absolute Gasteiger partial charge is 0.410 e. The maximum absolute atomic E-state index is 13.3. The topological polar surface area (TPSA) is 91.8 Å². The fourth-order valence-corrected chi connectivity index (χ4v) is 4.53. The Balaban J connectivity index is 1.55. The molecule has 0 radical (unpaired) electrons. The first kappa shape index (κ1) is 25.4. The molecule has 0 bridgehead atoms. The third-order valence-electron chi connectivity index (χ3n) is 6.26. The number of rotatable bonds is 5. The Bertz CT molecular complexity index is 1290. The molecule has 2 heterocycles. The summed E-state index contributed by atoms with van der Waals surface area (Å²) in [5.74, 6) is -0.286. The lowest BCUT2D eigenvalue weighted by Gasteiger charge is -2.39. The van der Waals surface area contributed by atoms with E-state index in [0.717, 1.165) is 17.4 Å². The number of aromatic nitrogens is 1. The maximum Gasteiger partial charge on any atom is 0.410 e. The van der Waals surface area contributed by atoms with Crippen molar-refractivity contribution in [3.63, 3.8) is 0 Å². The molecule has 8 nitrogen and oxygen atoms in total. The predicted octanol–water partition coefficient (Wildman–Crippen LogP) is 4.61. The number of fused-ring (bicyclic) bond motifs is 1. The van der Waals surface area contributed by atoms with E-state index in [9.17, 15) is 14.4 Å². The molecule has 4 rings (SSSR count). The summed E-state index contributed by atoms with van der Waals surface area (Å²) in [6.07, 6.45) is 0.429. The number of nitrogens with zero attached hydrogens (tertiary/aromatic N) is 3. The van der Waals surface area contributed by atoms with Crippen molar-refractivity contribution < 1.29 is 19.1 Å². The number of pyridine rings is 1. The zero-order chi connectivity index (χ0) is 25.8. The van der Waals surface area contributed by atoms with Crippen LogP contribution in [0.1, 0.15) is 41.0 Å². The van der Waals surface area contributed by atoms with Gasteiger partial charge in [0.2, 0.25) is 0 Å². The van der Waals surface area contributed by atoms with Gasteiger partial charge in [0.1, 0.15) is 0 Å². The van der Waals surface area contributed by atoms with Crippen LogP contribution in [-0.4, -0.2) is 72.0 Å².